The number of phenols is 1. The van der Waals surface area contributed by atoms with E-state index in [4.69, 9.17) is 10.5 Å². The van der Waals surface area contributed by atoms with Gasteiger partial charge in [0.1, 0.15) is 11.5 Å². The molecule has 0 bridgehead atoms. The number of phenolic OH excluding ortho intramolecular Hbond substituents is 1. The third-order valence-corrected chi connectivity index (χ3v) is 4.97. The maximum absolute atomic E-state index is 10.2. The van der Waals surface area contributed by atoms with Crippen molar-refractivity contribution >= 4 is 22.9 Å². The summed E-state index contributed by atoms with van der Waals surface area (Å²) in [6.07, 6.45) is 1.76. The van der Waals surface area contributed by atoms with Crippen LogP contribution in [0.25, 0.3) is 11.2 Å². The van der Waals surface area contributed by atoms with Gasteiger partial charge in [-0.1, -0.05) is 30.3 Å². The molecule has 2 aromatic heterocycles. The molecule has 9 heteroatoms. The Hall–Kier alpha value is -3.85. The fraction of sp³-hybridized carbons (Fsp3) is 0.261. The van der Waals surface area contributed by atoms with Gasteiger partial charge in [0.2, 0.25) is 5.95 Å². The van der Waals surface area contributed by atoms with Crippen molar-refractivity contribution in [1.29, 1.82) is 0 Å². The van der Waals surface area contributed by atoms with Crippen molar-refractivity contribution in [2.24, 2.45) is 5.73 Å². The number of nitrogens with one attached hydrogen (secondary N) is 2. The lowest BCUT2D eigenvalue weighted by molar-refractivity contribution is 0.411. The second kappa shape index (κ2) is 9.52. The summed E-state index contributed by atoms with van der Waals surface area (Å²) in [6, 6.07) is 15.2. The van der Waals surface area contributed by atoms with Gasteiger partial charge in [0.05, 0.1) is 20.0 Å². The van der Waals surface area contributed by atoms with Crippen LogP contribution >= 0.6 is 0 Å². The zero-order valence-electron chi connectivity index (χ0n) is 18.1. The second-order valence-electron chi connectivity index (χ2n) is 7.63. The van der Waals surface area contributed by atoms with E-state index in [1.165, 1.54) is 0 Å². The summed E-state index contributed by atoms with van der Waals surface area (Å²) in [4.78, 5) is 13.8. The van der Waals surface area contributed by atoms with Crippen molar-refractivity contribution in [3.8, 4) is 11.5 Å². The molecule has 0 fully saturated rings. The van der Waals surface area contributed by atoms with Crippen LogP contribution in [0.4, 0.5) is 11.8 Å². The number of nitrogens with zero attached hydrogens (tertiary/aromatic N) is 4. The topological polar surface area (TPSA) is 123 Å². The molecule has 9 nitrogen and oxygen atoms in total. The van der Waals surface area contributed by atoms with E-state index in [1.54, 1.807) is 31.6 Å². The highest BCUT2D eigenvalue weighted by Gasteiger charge is 2.15. The van der Waals surface area contributed by atoms with Crippen molar-refractivity contribution in [1.82, 2.24) is 19.5 Å². The van der Waals surface area contributed by atoms with Crippen LogP contribution in [0.2, 0.25) is 0 Å². The summed E-state index contributed by atoms with van der Waals surface area (Å²) in [6.45, 7) is 3.43. The van der Waals surface area contributed by atoms with Gasteiger partial charge in [0.15, 0.2) is 17.0 Å². The van der Waals surface area contributed by atoms with Gasteiger partial charge in [0, 0.05) is 24.7 Å². The molecule has 32 heavy (non-hydrogen) atoms. The number of imidazole rings is 1. The quantitative estimate of drug-likeness (QED) is 0.318. The molecular weight excluding hydrogens is 406 g/mol. The van der Waals surface area contributed by atoms with E-state index < -0.39 is 0 Å². The Balaban J connectivity index is 1.67. The number of fused-ring (bicyclic) bond motifs is 1. The molecule has 4 rings (SSSR count). The minimum absolute atomic E-state index is 0.0475. The first-order valence-corrected chi connectivity index (χ1v) is 10.4. The van der Waals surface area contributed by atoms with Crippen molar-refractivity contribution in [3.63, 3.8) is 0 Å². The predicted molar refractivity (Wildman–Crippen MR) is 125 cm³/mol. The first-order valence-electron chi connectivity index (χ1n) is 10.4. The molecule has 0 radical (unpaired) electrons. The van der Waals surface area contributed by atoms with E-state index in [9.17, 15) is 5.11 Å². The van der Waals surface area contributed by atoms with Crippen LogP contribution in [-0.4, -0.2) is 44.3 Å². The summed E-state index contributed by atoms with van der Waals surface area (Å²) >= 11 is 0. The third kappa shape index (κ3) is 4.89. The number of anilines is 2. The van der Waals surface area contributed by atoms with Crippen molar-refractivity contribution < 1.29 is 9.84 Å². The number of ether oxygens (including phenoxy) is 1. The summed E-state index contributed by atoms with van der Waals surface area (Å²) in [5.74, 6) is 1.87. The van der Waals surface area contributed by atoms with Gasteiger partial charge in [-0.25, -0.2) is 4.98 Å². The average molecular weight is 434 g/mol. The van der Waals surface area contributed by atoms with Crippen LogP contribution in [-0.2, 0) is 13.1 Å². The highest BCUT2D eigenvalue weighted by molar-refractivity contribution is 5.84. The Labute approximate surface area is 186 Å². The number of hydrogen-bond acceptors (Lipinski definition) is 8. The molecular formula is C23H27N7O2. The molecule has 0 aliphatic rings. The minimum Gasteiger partial charge on any atom is -0.508 e. The largest absolute Gasteiger partial charge is 0.508 e. The molecule has 0 aliphatic heterocycles. The van der Waals surface area contributed by atoms with E-state index in [-0.39, 0.29) is 11.8 Å². The van der Waals surface area contributed by atoms with Gasteiger partial charge >= 0.3 is 0 Å². The second-order valence-corrected chi connectivity index (χ2v) is 7.63. The summed E-state index contributed by atoms with van der Waals surface area (Å²) in [5.41, 5.74) is 9.07. The average Bonchev–Trinajstić information content (AvgIpc) is 3.20. The van der Waals surface area contributed by atoms with Gasteiger partial charge in [-0.05, 0) is 30.7 Å². The number of aromatic hydroxyl groups is 1. The zero-order chi connectivity index (χ0) is 22.5. The number of rotatable bonds is 9. The lowest BCUT2D eigenvalue weighted by Gasteiger charge is -2.13. The van der Waals surface area contributed by atoms with Gasteiger partial charge in [-0.15, -0.1) is 0 Å². The molecule has 1 unspecified atom stereocenters. The molecule has 0 saturated heterocycles. The van der Waals surface area contributed by atoms with E-state index in [2.05, 4.69) is 37.7 Å². The first-order chi connectivity index (χ1) is 15.5. The van der Waals surface area contributed by atoms with E-state index in [0.717, 1.165) is 5.56 Å². The number of methoxy groups -OCH3 is 1. The zero-order valence-corrected chi connectivity index (χ0v) is 18.1. The van der Waals surface area contributed by atoms with Crippen LogP contribution < -0.4 is 21.1 Å². The fourth-order valence-corrected chi connectivity index (χ4v) is 3.30. The maximum atomic E-state index is 10.2. The maximum Gasteiger partial charge on any atom is 0.226 e. The van der Waals surface area contributed by atoms with Crippen molar-refractivity contribution in [3.05, 3.63) is 66.0 Å². The van der Waals surface area contributed by atoms with Crippen LogP contribution in [0.15, 0.2) is 54.9 Å². The number of benzene rings is 2. The number of hydrogen-bond donors (Lipinski definition) is 4. The highest BCUT2D eigenvalue weighted by atomic mass is 16.5. The first kappa shape index (κ1) is 21.4. The SMILES string of the molecule is COc1ccc(O)c(CNc2nc(NCC(C)N)nc3c2ncn3Cc2ccccc2)c1. The predicted octanol–water partition coefficient (Wildman–Crippen LogP) is 2.96. The standard InChI is InChI=1S/C23H27N7O2/c1-15(24)11-26-23-28-21(25-12-17-10-18(32-2)8-9-19(17)31)20-22(29-23)30(14-27-20)13-16-6-4-3-5-7-16/h3-10,14-15,31H,11-13,24H2,1-2H3,(H2,25,26,28,29). The summed E-state index contributed by atoms with van der Waals surface area (Å²) in [5, 5.41) is 16.7. The highest BCUT2D eigenvalue weighted by Crippen LogP contribution is 2.26. The summed E-state index contributed by atoms with van der Waals surface area (Å²) in [7, 11) is 1.59. The Morgan fingerprint density at radius 2 is 1.94 bits per heavy atom. The Morgan fingerprint density at radius 3 is 2.69 bits per heavy atom. The molecule has 166 valence electrons. The Kier molecular flexibility index (Phi) is 6.37. The molecule has 0 saturated carbocycles. The van der Waals surface area contributed by atoms with Crippen LogP contribution in [0, 0.1) is 0 Å². The normalized spacial score (nSPS) is 12.0. The molecule has 0 aliphatic carbocycles. The smallest absolute Gasteiger partial charge is 0.226 e. The summed E-state index contributed by atoms with van der Waals surface area (Å²) < 4.78 is 7.25. The van der Waals surface area contributed by atoms with E-state index in [0.29, 0.717) is 53.9 Å². The molecule has 5 N–H and O–H groups in total. The van der Waals surface area contributed by atoms with E-state index in [1.807, 2.05) is 29.7 Å². The Bertz CT molecular complexity index is 1190. The number of aromatic nitrogens is 4. The molecule has 2 aromatic carbocycles. The monoisotopic (exact) mass is 433 g/mol. The lowest BCUT2D eigenvalue weighted by atomic mass is 10.2. The lowest BCUT2D eigenvalue weighted by Crippen LogP contribution is -2.26. The molecule has 4 aromatic rings. The van der Waals surface area contributed by atoms with Crippen molar-refractivity contribution in [2.45, 2.75) is 26.1 Å². The van der Waals surface area contributed by atoms with Crippen LogP contribution in [0.3, 0.4) is 0 Å². The van der Waals surface area contributed by atoms with Crippen LogP contribution in [0.5, 0.6) is 11.5 Å². The van der Waals surface area contributed by atoms with Gasteiger partial charge in [-0.2, -0.15) is 9.97 Å². The fourth-order valence-electron chi connectivity index (χ4n) is 3.30. The molecule has 2 heterocycles. The van der Waals surface area contributed by atoms with Gasteiger partial charge in [0.25, 0.3) is 0 Å². The third-order valence-electron chi connectivity index (χ3n) is 4.97. The van der Waals surface area contributed by atoms with Crippen molar-refractivity contribution in [2.75, 3.05) is 24.3 Å². The molecule has 0 spiro atoms. The van der Waals surface area contributed by atoms with Gasteiger partial charge < -0.3 is 30.8 Å². The molecule has 1 atom stereocenters. The molecule has 0 amide bonds. The number of nitrogens with two attached hydrogens (primary N) is 1. The van der Waals surface area contributed by atoms with E-state index >= 15 is 0 Å². The minimum atomic E-state index is -0.0475. The van der Waals surface area contributed by atoms with Gasteiger partial charge in [-0.3, -0.25) is 0 Å². The Morgan fingerprint density at radius 1 is 1.12 bits per heavy atom. The van der Waals surface area contributed by atoms with Crippen LogP contribution in [0.1, 0.15) is 18.1 Å².